The van der Waals surface area contributed by atoms with Crippen molar-refractivity contribution in [3.05, 3.63) is 22.7 Å². The SMILES string of the molecule is O=S(=O)(Cl)c1[nH]nc2cccc(Br)c12. The Bertz CT molecular complexity index is 593. The quantitative estimate of drug-likeness (QED) is 0.821. The Labute approximate surface area is 92.8 Å². The molecule has 0 aliphatic rings. The molecular formula is C7H4BrClN2O2S. The maximum absolute atomic E-state index is 11.1. The fourth-order valence-corrected chi connectivity index (χ4v) is 2.81. The van der Waals surface area contributed by atoms with Crippen molar-refractivity contribution in [3.63, 3.8) is 0 Å². The first-order valence-corrected chi connectivity index (χ1v) is 6.67. The lowest BCUT2D eigenvalue weighted by Crippen LogP contribution is -1.91. The number of aromatic amines is 1. The van der Waals surface area contributed by atoms with E-state index < -0.39 is 9.05 Å². The van der Waals surface area contributed by atoms with Crippen molar-refractivity contribution in [3.8, 4) is 0 Å². The Kier molecular flexibility index (Phi) is 2.29. The average molecular weight is 296 g/mol. The minimum absolute atomic E-state index is 0.0818. The zero-order valence-electron chi connectivity index (χ0n) is 6.66. The molecule has 7 heteroatoms. The van der Waals surface area contributed by atoms with Gasteiger partial charge in [0.2, 0.25) is 0 Å². The highest BCUT2D eigenvalue weighted by Crippen LogP contribution is 2.29. The molecule has 4 nitrogen and oxygen atoms in total. The maximum Gasteiger partial charge on any atom is 0.278 e. The first-order chi connectivity index (χ1) is 6.50. The molecule has 0 spiro atoms. The van der Waals surface area contributed by atoms with Gasteiger partial charge in [0, 0.05) is 15.2 Å². The van der Waals surface area contributed by atoms with Crippen LogP contribution >= 0.6 is 26.6 Å². The number of halogens is 2. The Morgan fingerprint density at radius 2 is 2.14 bits per heavy atom. The lowest BCUT2D eigenvalue weighted by atomic mass is 10.3. The number of rotatable bonds is 1. The number of benzene rings is 1. The number of H-pyrrole nitrogens is 1. The molecule has 1 aromatic carbocycles. The fourth-order valence-electron chi connectivity index (χ4n) is 1.17. The second kappa shape index (κ2) is 3.22. The van der Waals surface area contributed by atoms with Gasteiger partial charge in [0.1, 0.15) is 0 Å². The van der Waals surface area contributed by atoms with Crippen molar-refractivity contribution < 1.29 is 8.42 Å². The second-order valence-electron chi connectivity index (χ2n) is 2.62. The maximum atomic E-state index is 11.1. The van der Waals surface area contributed by atoms with Gasteiger partial charge >= 0.3 is 0 Å². The van der Waals surface area contributed by atoms with Gasteiger partial charge in [0.05, 0.1) is 10.9 Å². The Morgan fingerprint density at radius 1 is 1.43 bits per heavy atom. The highest BCUT2D eigenvalue weighted by atomic mass is 79.9. The van der Waals surface area contributed by atoms with E-state index in [1.54, 1.807) is 18.2 Å². The molecule has 0 saturated heterocycles. The summed E-state index contributed by atoms with van der Waals surface area (Å²) in [6, 6.07) is 5.18. The third-order valence-corrected chi connectivity index (χ3v) is 3.65. The van der Waals surface area contributed by atoms with Crippen LogP contribution in [0.25, 0.3) is 10.9 Å². The molecule has 14 heavy (non-hydrogen) atoms. The third-order valence-electron chi connectivity index (χ3n) is 1.74. The van der Waals surface area contributed by atoms with Crippen molar-refractivity contribution in [1.29, 1.82) is 0 Å². The number of nitrogens with zero attached hydrogens (tertiary/aromatic N) is 1. The molecule has 1 aromatic heterocycles. The van der Waals surface area contributed by atoms with E-state index in [4.69, 9.17) is 10.7 Å². The summed E-state index contributed by atoms with van der Waals surface area (Å²) >= 11 is 3.24. The van der Waals surface area contributed by atoms with Crippen LogP contribution in [0.2, 0.25) is 0 Å². The molecule has 2 aromatic rings. The largest absolute Gasteiger partial charge is 0.278 e. The van der Waals surface area contributed by atoms with Crippen molar-refractivity contribution in [2.24, 2.45) is 0 Å². The van der Waals surface area contributed by atoms with E-state index in [0.717, 1.165) is 0 Å². The van der Waals surface area contributed by atoms with E-state index >= 15 is 0 Å². The number of fused-ring (bicyclic) bond motifs is 1. The smallest absolute Gasteiger partial charge is 0.265 e. The van der Waals surface area contributed by atoms with Crippen LogP contribution in [0.4, 0.5) is 0 Å². The minimum Gasteiger partial charge on any atom is -0.265 e. The summed E-state index contributed by atoms with van der Waals surface area (Å²) in [6.45, 7) is 0. The van der Waals surface area contributed by atoms with Crippen molar-refractivity contribution >= 4 is 46.6 Å². The predicted octanol–water partition coefficient (Wildman–Crippen LogP) is 2.25. The monoisotopic (exact) mass is 294 g/mol. The number of nitrogens with one attached hydrogen (secondary N) is 1. The molecule has 0 aliphatic carbocycles. The van der Waals surface area contributed by atoms with E-state index in [2.05, 4.69) is 26.1 Å². The van der Waals surface area contributed by atoms with Crippen LogP contribution in [0.5, 0.6) is 0 Å². The van der Waals surface area contributed by atoms with Crippen LogP contribution < -0.4 is 0 Å². The van der Waals surface area contributed by atoms with Crippen LogP contribution in [0.3, 0.4) is 0 Å². The minimum atomic E-state index is -3.78. The van der Waals surface area contributed by atoms with Gasteiger partial charge in [0.25, 0.3) is 9.05 Å². The highest BCUT2D eigenvalue weighted by molar-refractivity contribution is 9.10. The van der Waals surface area contributed by atoms with E-state index in [9.17, 15) is 8.42 Å². The van der Waals surface area contributed by atoms with Gasteiger partial charge in [-0.25, -0.2) is 8.42 Å². The Morgan fingerprint density at radius 3 is 2.79 bits per heavy atom. The number of hydrogen-bond donors (Lipinski definition) is 1. The standard InChI is InChI=1S/C7H4BrClN2O2S/c8-4-2-1-3-5-6(4)7(11-10-5)14(9,12)13/h1-3H,(H,10,11). The molecule has 0 saturated carbocycles. The summed E-state index contributed by atoms with van der Waals surface area (Å²) in [7, 11) is 1.45. The van der Waals surface area contributed by atoms with Crippen LogP contribution in [-0.2, 0) is 9.05 Å². The zero-order valence-corrected chi connectivity index (χ0v) is 9.82. The first kappa shape index (κ1) is 9.95. The molecule has 0 aliphatic heterocycles. The van der Waals surface area contributed by atoms with Crippen LogP contribution in [0, 0.1) is 0 Å². The Hall–Kier alpha value is -0.590. The van der Waals surface area contributed by atoms with E-state index in [1.165, 1.54) is 0 Å². The summed E-state index contributed by atoms with van der Waals surface area (Å²) in [5, 5.41) is 6.61. The fraction of sp³-hybridized carbons (Fsp3) is 0. The molecule has 0 fully saturated rings. The molecule has 2 rings (SSSR count). The van der Waals surface area contributed by atoms with Crippen LogP contribution in [0.15, 0.2) is 27.7 Å². The van der Waals surface area contributed by atoms with Crippen LogP contribution in [-0.4, -0.2) is 18.6 Å². The van der Waals surface area contributed by atoms with Gasteiger partial charge in [-0.1, -0.05) is 6.07 Å². The predicted molar refractivity (Wildman–Crippen MR) is 56.8 cm³/mol. The van der Waals surface area contributed by atoms with E-state index in [0.29, 0.717) is 15.4 Å². The zero-order chi connectivity index (χ0) is 10.3. The third kappa shape index (κ3) is 1.53. The van der Waals surface area contributed by atoms with Gasteiger partial charge in [-0.3, -0.25) is 5.10 Å². The highest BCUT2D eigenvalue weighted by Gasteiger charge is 2.18. The van der Waals surface area contributed by atoms with Crippen molar-refractivity contribution in [1.82, 2.24) is 10.2 Å². The van der Waals surface area contributed by atoms with Gasteiger partial charge in [0.15, 0.2) is 5.03 Å². The first-order valence-electron chi connectivity index (χ1n) is 3.57. The summed E-state index contributed by atoms with van der Waals surface area (Å²) in [5.41, 5.74) is 0.554. The number of aromatic nitrogens is 2. The van der Waals surface area contributed by atoms with Crippen molar-refractivity contribution in [2.45, 2.75) is 5.03 Å². The van der Waals surface area contributed by atoms with Gasteiger partial charge in [-0.05, 0) is 28.1 Å². The van der Waals surface area contributed by atoms with Crippen molar-refractivity contribution in [2.75, 3.05) is 0 Å². The summed E-state index contributed by atoms with van der Waals surface area (Å²) in [5.74, 6) is 0. The molecular weight excluding hydrogens is 292 g/mol. The normalized spacial score (nSPS) is 12.1. The van der Waals surface area contributed by atoms with Crippen LogP contribution in [0.1, 0.15) is 0 Å². The molecule has 1 heterocycles. The topological polar surface area (TPSA) is 62.8 Å². The molecule has 1 N–H and O–H groups in total. The van der Waals surface area contributed by atoms with E-state index in [-0.39, 0.29) is 5.03 Å². The van der Waals surface area contributed by atoms with Gasteiger partial charge in [-0.2, -0.15) is 5.10 Å². The van der Waals surface area contributed by atoms with E-state index in [1.807, 2.05) is 0 Å². The summed E-state index contributed by atoms with van der Waals surface area (Å²) < 4.78 is 22.9. The molecule has 0 radical (unpaired) electrons. The lowest BCUT2D eigenvalue weighted by molar-refractivity contribution is 0.606. The lowest BCUT2D eigenvalue weighted by Gasteiger charge is -1.94. The van der Waals surface area contributed by atoms with Gasteiger partial charge < -0.3 is 0 Å². The molecule has 0 bridgehead atoms. The number of hydrogen-bond acceptors (Lipinski definition) is 3. The molecule has 0 amide bonds. The second-order valence-corrected chi connectivity index (χ2v) is 5.98. The molecule has 0 unspecified atom stereocenters. The Balaban J connectivity index is 2.94. The van der Waals surface area contributed by atoms with Gasteiger partial charge in [-0.15, -0.1) is 0 Å². The summed E-state index contributed by atoms with van der Waals surface area (Å²) in [6.07, 6.45) is 0. The molecule has 0 atom stereocenters. The molecule has 74 valence electrons. The summed E-state index contributed by atoms with van der Waals surface area (Å²) in [4.78, 5) is 0. The average Bonchev–Trinajstić information content (AvgIpc) is 2.47.